The molecule has 0 aliphatic carbocycles. The van der Waals surface area contributed by atoms with Gasteiger partial charge in [0.2, 0.25) is 0 Å². The molecule has 0 fully saturated rings. The number of hydrogen-bond donors (Lipinski definition) is 2. The number of rotatable bonds is 7. The van der Waals surface area contributed by atoms with Crippen LogP contribution in [0.2, 0.25) is 0 Å². The maximum atomic E-state index is 11.9. The van der Waals surface area contributed by atoms with E-state index >= 15 is 0 Å². The number of nitrogens with one attached hydrogen (secondary N) is 2. The number of methoxy groups -OCH3 is 1. The molecule has 0 spiro atoms. The van der Waals surface area contributed by atoms with Crippen LogP contribution in [0.1, 0.15) is 46.7 Å². The van der Waals surface area contributed by atoms with Crippen LogP contribution in [0, 0.1) is 6.92 Å². The predicted octanol–water partition coefficient (Wildman–Crippen LogP) is 2.04. The van der Waals surface area contributed by atoms with Gasteiger partial charge in [0.25, 0.3) is 0 Å². The average Bonchev–Trinajstić information content (AvgIpc) is 2.95. The molecule has 10 heteroatoms. The number of carbonyl (C=O) groups excluding carboxylic acids is 2. The fraction of sp³-hybridized carbons (Fsp3) is 0.600. The lowest BCUT2D eigenvalue weighted by Crippen LogP contribution is -2.39. The van der Waals surface area contributed by atoms with Crippen molar-refractivity contribution >= 4 is 53.2 Å². The third-order valence-electron chi connectivity index (χ3n) is 3.07. The van der Waals surface area contributed by atoms with Crippen molar-refractivity contribution in [3.05, 3.63) is 15.6 Å². The summed E-state index contributed by atoms with van der Waals surface area (Å²) < 4.78 is 9.60. The van der Waals surface area contributed by atoms with E-state index < -0.39 is 0 Å². The number of carbonyl (C=O) groups is 2. The second-order valence-corrected chi connectivity index (χ2v) is 5.91. The number of ether oxygens (including phenoxy) is 2. The van der Waals surface area contributed by atoms with E-state index in [1.54, 1.807) is 20.9 Å². The van der Waals surface area contributed by atoms with Crippen molar-refractivity contribution in [1.29, 1.82) is 0 Å². The number of aryl methyl sites for hydroxylation is 1. The monoisotopic (exact) mass is 484 g/mol. The highest BCUT2D eigenvalue weighted by Crippen LogP contribution is 2.24. The Morgan fingerprint density at radius 1 is 1.40 bits per heavy atom. The Morgan fingerprint density at radius 2 is 2.08 bits per heavy atom. The summed E-state index contributed by atoms with van der Waals surface area (Å²) in [6.45, 7) is 6.20. The van der Waals surface area contributed by atoms with Crippen molar-refractivity contribution in [2.24, 2.45) is 4.99 Å². The van der Waals surface area contributed by atoms with Gasteiger partial charge in [0.05, 0.1) is 31.9 Å². The third kappa shape index (κ3) is 7.55. The summed E-state index contributed by atoms with van der Waals surface area (Å²) >= 11 is 1.30. The molecular formula is C15H25IN4O4S. The van der Waals surface area contributed by atoms with Gasteiger partial charge >= 0.3 is 11.9 Å². The van der Waals surface area contributed by atoms with Gasteiger partial charge in [-0.05, 0) is 20.8 Å². The largest absolute Gasteiger partial charge is 0.469 e. The Bertz CT molecular complexity index is 606. The first kappa shape index (κ1) is 23.6. The van der Waals surface area contributed by atoms with E-state index in [0.717, 1.165) is 5.01 Å². The Kier molecular flexibility index (Phi) is 11.3. The van der Waals surface area contributed by atoms with Gasteiger partial charge < -0.3 is 20.1 Å². The van der Waals surface area contributed by atoms with Crippen LogP contribution >= 0.6 is 35.3 Å². The molecule has 142 valence electrons. The van der Waals surface area contributed by atoms with Crippen molar-refractivity contribution in [1.82, 2.24) is 15.6 Å². The molecule has 0 aliphatic heterocycles. The van der Waals surface area contributed by atoms with Gasteiger partial charge in [-0.25, -0.2) is 9.78 Å². The minimum Gasteiger partial charge on any atom is -0.469 e. The van der Waals surface area contributed by atoms with E-state index in [-0.39, 0.29) is 48.4 Å². The first-order valence-corrected chi connectivity index (χ1v) is 8.43. The molecule has 1 unspecified atom stereocenters. The van der Waals surface area contributed by atoms with Crippen LogP contribution in [0.3, 0.4) is 0 Å². The Hall–Kier alpha value is -1.43. The van der Waals surface area contributed by atoms with E-state index in [2.05, 4.69) is 25.3 Å². The molecule has 1 aromatic rings. The number of halogens is 1. The second kappa shape index (κ2) is 12.0. The predicted molar refractivity (Wildman–Crippen MR) is 108 cm³/mol. The van der Waals surface area contributed by atoms with Crippen LogP contribution in [-0.2, 0) is 14.3 Å². The molecule has 8 nitrogen and oxygen atoms in total. The minimum absolute atomic E-state index is 0. The zero-order chi connectivity index (χ0) is 18.1. The highest BCUT2D eigenvalue weighted by atomic mass is 127. The van der Waals surface area contributed by atoms with Crippen molar-refractivity contribution in [3.63, 3.8) is 0 Å². The van der Waals surface area contributed by atoms with E-state index in [1.807, 2.05) is 6.92 Å². The molecule has 25 heavy (non-hydrogen) atoms. The SMILES string of the molecule is CCOC(=O)c1sc(C(C)NC(=NC)NCCC(=O)OC)nc1C.I. The summed E-state index contributed by atoms with van der Waals surface area (Å²) in [5.41, 5.74) is 0.649. The van der Waals surface area contributed by atoms with Crippen LogP contribution in [0.25, 0.3) is 0 Å². The molecule has 0 radical (unpaired) electrons. The Morgan fingerprint density at radius 3 is 2.64 bits per heavy atom. The Balaban J connectivity index is 0.00000576. The second-order valence-electron chi connectivity index (χ2n) is 4.88. The maximum Gasteiger partial charge on any atom is 0.350 e. The number of aromatic nitrogens is 1. The van der Waals surface area contributed by atoms with Gasteiger partial charge in [-0.1, -0.05) is 0 Å². The van der Waals surface area contributed by atoms with E-state index in [9.17, 15) is 9.59 Å². The molecule has 1 aromatic heterocycles. The zero-order valence-electron chi connectivity index (χ0n) is 15.0. The van der Waals surface area contributed by atoms with Gasteiger partial charge in [-0.3, -0.25) is 9.79 Å². The molecule has 0 bridgehead atoms. The zero-order valence-corrected chi connectivity index (χ0v) is 18.2. The minimum atomic E-state index is -0.355. The molecule has 1 atom stereocenters. The van der Waals surface area contributed by atoms with Crippen LogP contribution < -0.4 is 10.6 Å². The van der Waals surface area contributed by atoms with E-state index in [4.69, 9.17) is 4.74 Å². The van der Waals surface area contributed by atoms with E-state index in [0.29, 0.717) is 29.7 Å². The standard InChI is InChI=1S/C15H24N4O4S.HI/c1-6-23-14(21)12-9(2)18-13(24-12)10(3)19-15(16-4)17-8-7-11(20)22-5;/h10H,6-8H2,1-5H3,(H2,16,17,19);1H. The van der Waals surface area contributed by atoms with Gasteiger partial charge in [0, 0.05) is 13.6 Å². The number of guanidine groups is 1. The third-order valence-corrected chi connectivity index (χ3v) is 4.39. The fourth-order valence-electron chi connectivity index (χ4n) is 1.84. The van der Waals surface area contributed by atoms with Gasteiger partial charge in [0.15, 0.2) is 5.96 Å². The molecule has 1 rings (SSSR count). The molecule has 0 saturated carbocycles. The molecular weight excluding hydrogens is 459 g/mol. The van der Waals surface area contributed by atoms with Gasteiger partial charge in [-0.2, -0.15) is 0 Å². The smallest absolute Gasteiger partial charge is 0.350 e. The summed E-state index contributed by atoms with van der Waals surface area (Å²) in [5, 5.41) is 6.95. The summed E-state index contributed by atoms with van der Waals surface area (Å²) in [5.74, 6) is -0.107. The fourth-order valence-corrected chi connectivity index (χ4v) is 2.80. The van der Waals surface area contributed by atoms with Crippen LogP contribution in [0.5, 0.6) is 0 Å². The summed E-state index contributed by atoms with van der Waals surface area (Å²) in [6.07, 6.45) is 0.245. The van der Waals surface area contributed by atoms with Gasteiger partial charge in [0.1, 0.15) is 9.88 Å². The van der Waals surface area contributed by atoms with Crippen LogP contribution in [0.4, 0.5) is 0 Å². The first-order chi connectivity index (χ1) is 11.4. The lowest BCUT2D eigenvalue weighted by Gasteiger charge is -2.15. The van der Waals surface area contributed by atoms with Crippen LogP contribution in [0.15, 0.2) is 4.99 Å². The highest BCUT2D eigenvalue weighted by molar-refractivity contribution is 14.0. The Labute approximate surface area is 168 Å². The quantitative estimate of drug-likeness (QED) is 0.264. The molecule has 0 aromatic carbocycles. The van der Waals surface area contributed by atoms with Crippen molar-refractivity contribution in [2.45, 2.75) is 33.2 Å². The lowest BCUT2D eigenvalue weighted by molar-refractivity contribution is -0.140. The number of esters is 2. The van der Waals surface area contributed by atoms with Crippen molar-refractivity contribution in [3.8, 4) is 0 Å². The molecule has 2 N–H and O–H groups in total. The number of thiazole rings is 1. The number of aliphatic imine (C=N–C) groups is 1. The molecule has 0 amide bonds. The number of hydrogen-bond acceptors (Lipinski definition) is 7. The average molecular weight is 484 g/mol. The summed E-state index contributed by atoms with van der Waals surface area (Å²) in [4.78, 5) is 32.0. The number of nitrogens with zero attached hydrogens (tertiary/aromatic N) is 2. The molecule has 0 aliphatic rings. The topological polar surface area (TPSA) is 102 Å². The summed E-state index contributed by atoms with van der Waals surface area (Å²) in [7, 11) is 2.99. The van der Waals surface area contributed by atoms with Gasteiger partial charge in [-0.15, -0.1) is 35.3 Å². The highest BCUT2D eigenvalue weighted by Gasteiger charge is 2.20. The molecule has 1 heterocycles. The lowest BCUT2D eigenvalue weighted by atomic mass is 10.3. The molecule has 0 saturated heterocycles. The maximum absolute atomic E-state index is 11.9. The normalized spacial score (nSPS) is 12.0. The first-order valence-electron chi connectivity index (χ1n) is 7.61. The van der Waals surface area contributed by atoms with Crippen molar-refractivity contribution in [2.75, 3.05) is 27.3 Å². The summed E-state index contributed by atoms with van der Waals surface area (Å²) in [6, 6.07) is -0.152. The van der Waals surface area contributed by atoms with Crippen molar-refractivity contribution < 1.29 is 19.1 Å². The van der Waals surface area contributed by atoms with Crippen LogP contribution in [-0.4, -0.2) is 50.2 Å². The van der Waals surface area contributed by atoms with E-state index in [1.165, 1.54) is 18.4 Å².